The van der Waals surface area contributed by atoms with Gasteiger partial charge in [0.25, 0.3) is 0 Å². The number of carboxylic acids is 1. The summed E-state index contributed by atoms with van der Waals surface area (Å²) >= 11 is 4.84. The summed E-state index contributed by atoms with van der Waals surface area (Å²) in [5.74, 6) is -1.20. The molecule has 0 fully saturated rings. The van der Waals surface area contributed by atoms with Crippen molar-refractivity contribution in [1.82, 2.24) is 14.9 Å². The second-order valence-corrected chi connectivity index (χ2v) is 7.25. The van der Waals surface area contributed by atoms with Crippen molar-refractivity contribution < 1.29 is 14.7 Å². The summed E-state index contributed by atoms with van der Waals surface area (Å²) in [4.78, 5) is 50.0. The number of carboxylic acid groups (broad SMARTS) is 1. The Morgan fingerprint density at radius 1 is 1.42 bits per heavy atom. The molecule has 24 heavy (non-hydrogen) atoms. The molecule has 8 nitrogen and oxygen atoms in total. The van der Waals surface area contributed by atoms with Gasteiger partial charge in [0.2, 0.25) is 5.91 Å². The van der Waals surface area contributed by atoms with Gasteiger partial charge in [-0.3, -0.25) is 23.7 Å². The monoisotopic (exact) mass is 413 g/mol. The molecule has 2 aromatic rings. The van der Waals surface area contributed by atoms with Crippen LogP contribution in [0.1, 0.15) is 12.5 Å². The molecular formula is C14H12BrN3O5S. The van der Waals surface area contributed by atoms with Crippen molar-refractivity contribution in [1.29, 1.82) is 0 Å². The van der Waals surface area contributed by atoms with Gasteiger partial charge in [0.15, 0.2) is 0 Å². The van der Waals surface area contributed by atoms with E-state index in [9.17, 15) is 19.2 Å². The molecule has 1 amide bonds. The minimum absolute atomic E-state index is 0.0752. The van der Waals surface area contributed by atoms with E-state index in [1.54, 1.807) is 6.07 Å². The fraction of sp³-hybridized carbons (Fsp3) is 0.286. The third-order valence-corrected chi connectivity index (χ3v) is 5.23. The molecule has 3 rings (SSSR count). The van der Waals surface area contributed by atoms with E-state index >= 15 is 0 Å². The second-order valence-electron chi connectivity index (χ2n) is 5.27. The third-order valence-electron chi connectivity index (χ3n) is 3.60. The van der Waals surface area contributed by atoms with Crippen LogP contribution in [-0.2, 0) is 9.59 Å². The molecule has 1 aliphatic heterocycles. The number of aliphatic carboxylic acids is 1. The quantitative estimate of drug-likeness (QED) is 0.633. The number of aromatic nitrogens is 2. The largest absolute Gasteiger partial charge is 0.480 e. The predicted molar refractivity (Wildman–Crippen MR) is 91.6 cm³/mol. The van der Waals surface area contributed by atoms with Gasteiger partial charge in [-0.05, 0) is 12.1 Å². The maximum absolute atomic E-state index is 12.3. The molecule has 1 aromatic carbocycles. The standard InChI is InChI=1S/C14H12BrN3O5S/c15-6-1-8-12-9(2-6)24-5-7(3-10(19)16-4-11(20)21)18(12)14(23)13(22)17-8/h1-2,7H,3-5H2,(H,16,19)(H,17,22)(H,20,21). The number of nitrogens with one attached hydrogen (secondary N) is 2. The summed E-state index contributed by atoms with van der Waals surface area (Å²) < 4.78 is 2.11. The van der Waals surface area contributed by atoms with Crippen LogP contribution in [0, 0.1) is 0 Å². The van der Waals surface area contributed by atoms with Crippen LogP contribution in [0.2, 0.25) is 0 Å². The van der Waals surface area contributed by atoms with Gasteiger partial charge < -0.3 is 15.4 Å². The van der Waals surface area contributed by atoms with Gasteiger partial charge in [-0.15, -0.1) is 11.8 Å². The van der Waals surface area contributed by atoms with E-state index < -0.39 is 35.6 Å². The summed E-state index contributed by atoms with van der Waals surface area (Å²) in [5.41, 5.74) is -0.390. The van der Waals surface area contributed by atoms with Gasteiger partial charge in [-0.25, -0.2) is 0 Å². The molecule has 0 spiro atoms. The average Bonchev–Trinajstić information content (AvgIpc) is 2.51. The van der Waals surface area contributed by atoms with Crippen molar-refractivity contribution in [3.8, 4) is 0 Å². The van der Waals surface area contributed by atoms with Crippen LogP contribution in [0.3, 0.4) is 0 Å². The topological polar surface area (TPSA) is 121 Å². The first-order chi connectivity index (χ1) is 11.4. The van der Waals surface area contributed by atoms with Crippen molar-refractivity contribution in [3.05, 3.63) is 37.3 Å². The van der Waals surface area contributed by atoms with Gasteiger partial charge in [0.1, 0.15) is 6.54 Å². The van der Waals surface area contributed by atoms with Gasteiger partial charge in [-0.2, -0.15) is 0 Å². The van der Waals surface area contributed by atoms with Gasteiger partial charge >= 0.3 is 17.1 Å². The van der Waals surface area contributed by atoms with Gasteiger partial charge in [-0.1, -0.05) is 15.9 Å². The smallest absolute Gasteiger partial charge is 0.322 e. The Hall–Kier alpha value is -2.07. The van der Waals surface area contributed by atoms with Gasteiger partial charge in [0, 0.05) is 21.5 Å². The maximum atomic E-state index is 12.3. The highest BCUT2D eigenvalue weighted by Crippen LogP contribution is 2.37. The fourth-order valence-corrected chi connectivity index (χ4v) is 4.44. The summed E-state index contributed by atoms with van der Waals surface area (Å²) in [5, 5.41) is 10.9. The number of benzene rings is 1. The second kappa shape index (κ2) is 6.44. The molecule has 10 heteroatoms. The van der Waals surface area contributed by atoms with Crippen molar-refractivity contribution >= 4 is 50.6 Å². The molecule has 126 valence electrons. The van der Waals surface area contributed by atoms with Crippen molar-refractivity contribution in [2.45, 2.75) is 17.4 Å². The number of thioether (sulfide) groups is 1. The summed E-state index contributed by atoms with van der Waals surface area (Å²) in [7, 11) is 0. The van der Waals surface area contributed by atoms with Crippen LogP contribution >= 0.6 is 27.7 Å². The van der Waals surface area contributed by atoms with Crippen LogP contribution in [0.25, 0.3) is 11.0 Å². The molecule has 0 radical (unpaired) electrons. The maximum Gasteiger partial charge on any atom is 0.322 e. The number of nitrogens with zero attached hydrogens (tertiary/aromatic N) is 1. The lowest BCUT2D eigenvalue weighted by Crippen LogP contribution is -2.42. The Morgan fingerprint density at radius 3 is 2.88 bits per heavy atom. The van der Waals surface area contributed by atoms with Crippen LogP contribution in [-0.4, -0.2) is 38.8 Å². The Bertz CT molecular complexity index is 967. The third kappa shape index (κ3) is 3.11. The summed E-state index contributed by atoms with van der Waals surface area (Å²) in [6.07, 6.45) is -0.0752. The number of halogens is 1. The van der Waals surface area contributed by atoms with E-state index in [1.807, 2.05) is 6.07 Å². The molecule has 0 saturated carbocycles. The zero-order valence-electron chi connectivity index (χ0n) is 12.2. The Balaban J connectivity index is 2.05. The predicted octanol–water partition coefficient (Wildman–Crippen LogP) is 0.690. The molecule has 1 aromatic heterocycles. The Labute approximate surface area is 147 Å². The van der Waals surface area contributed by atoms with Gasteiger partial charge in [0.05, 0.1) is 17.1 Å². The normalized spacial score (nSPS) is 16.1. The number of amides is 1. The van der Waals surface area contributed by atoms with Crippen molar-refractivity contribution in [2.75, 3.05) is 12.3 Å². The Kier molecular flexibility index (Phi) is 4.50. The zero-order chi connectivity index (χ0) is 17.4. The van der Waals surface area contributed by atoms with E-state index in [0.29, 0.717) is 16.8 Å². The lowest BCUT2D eigenvalue weighted by Gasteiger charge is -2.26. The highest BCUT2D eigenvalue weighted by atomic mass is 79.9. The average molecular weight is 414 g/mol. The van der Waals surface area contributed by atoms with E-state index in [4.69, 9.17) is 5.11 Å². The van der Waals surface area contributed by atoms with E-state index in [0.717, 1.165) is 9.37 Å². The molecule has 2 heterocycles. The number of carbonyl (C=O) groups is 2. The zero-order valence-corrected chi connectivity index (χ0v) is 14.6. The van der Waals surface area contributed by atoms with Crippen LogP contribution in [0.15, 0.2) is 31.1 Å². The number of rotatable bonds is 4. The highest BCUT2D eigenvalue weighted by Gasteiger charge is 2.27. The molecule has 3 N–H and O–H groups in total. The molecule has 0 saturated heterocycles. The van der Waals surface area contributed by atoms with Crippen LogP contribution < -0.4 is 16.4 Å². The number of hydrogen-bond acceptors (Lipinski definition) is 5. The first kappa shape index (κ1) is 16.8. The van der Waals surface area contributed by atoms with Crippen LogP contribution in [0.4, 0.5) is 0 Å². The number of carbonyl (C=O) groups excluding carboxylic acids is 1. The molecule has 1 atom stereocenters. The first-order valence-corrected chi connectivity index (χ1v) is 8.74. The lowest BCUT2D eigenvalue weighted by atomic mass is 10.2. The number of aromatic amines is 1. The lowest BCUT2D eigenvalue weighted by molar-refractivity contribution is -0.138. The first-order valence-electron chi connectivity index (χ1n) is 6.96. The fourth-order valence-electron chi connectivity index (χ4n) is 2.63. The van der Waals surface area contributed by atoms with Crippen LogP contribution in [0.5, 0.6) is 0 Å². The molecule has 1 unspecified atom stereocenters. The minimum Gasteiger partial charge on any atom is -0.480 e. The van der Waals surface area contributed by atoms with E-state index in [2.05, 4.69) is 26.2 Å². The molecular weight excluding hydrogens is 402 g/mol. The molecule has 1 aliphatic rings. The van der Waals surface area contributed by atoms with Crippen molar-refractivity contribution in [2.24, 2.45) is 0 Å². The molecule has 0 bridgehead atoms. The van der Waals surface area contributed by atoms with E-state index in [1.165, 1.54) is 16.3 Å². The highest BCUT2D eigenvalue weighted by molar-refractivity contribution is 9.10. The number of hydrogen-bond donors (Lipinski definition) is 3. The summed E-state index contributed by atoms with van der Waals surface area (Å²) in [6, 6.07) is 3.03. The number of H-pyrrole nitrogens is 1. The minimum atomic E-state index is -1.15. The van der Waals surface area contributed by atoms with E-state index in [-0.39, 0.29) is 6.42 Å². The summed E-state index contributed by atoms with van der Waals surface area (Å²) in [6.45, 7) is -0.484. The SMILES string of the molecule is O=C(O)CNC(=O)CC1CSc2cc(Br)cc3[nH]c(=O)c(=O)n1c23. The van der Waals surface area contributed by atoms with Crippen molar-refractivity contribution in [3.63, 3.8) is 0 Å². The molecule has 0 aliphatic carbocycles. The Morgan fingerprint density at radius 2 is 2.17 bits per heavy atom.